The average Bonchev–Trinajstić information content (AvgIpc) is 2.30. The van der Waals surface area contributed by atoms with E-state index in [9.17, 15) is 18.1 Å². The number of carboxylic acids is 1. The molecule has 0 bridgehead atoms. The third-order valence-electron chi connectivity index (χ3n) is 2.92. The highest BCUT2D eigenvalue weighted by Crippen LogP contribution is 2.31. The van der Waals surface area contributed by atoms with Gasteiger partial charge in [-0.25, -0.2) is 8.78 Å². The van der Waals surface area contributed by atoms with Gasteiger partial charge in [0.1, 0.15) is 4.75 Å². The number of rotatable bonds is 5. The van der Waals surface area contributed by atoms with Crippen LogP contribution in [0.5, 0.6) is 0 Å². The highest BCUT2D eigenvalue weighted by atomic mass is 32.2. The van der Waals surface area contributed by atoms with Gasteiger partial charge in [0.25, 0.3) is 0 Å². The summed E-state index contributed by atoms with van der Waals surface area (Å²) in [7, 11) is 0. The van der Waals surface area contributed by atoms with E-state index < -0.39 is 45.7 Å². The fourth-order valence-electron chi connectivity index (χ4n) is 1.78. The van der Waals surface area contributed by atoms with Crippen LogP contribution in [0.15, 0.2) is 18.2 Å². The third-order valence-corrected chi connectivity index (χ3v) is 4.67. The second kappa shape index (κ2) is 6.29. The molecule has 2 atom stereocenters. The van der Waals surface area contributed by atoms with E-state index in [1.165, 1.54) is 19.1 Å². The lowest BCUT2D eigenvalue weighted by Crippen LogP contribution is -2.51. The molecule has 0 aromatic heterocycles. The van der Waals surface area contributed by atoms with E-state index in [1.807, 2.05) is 0 Å². The van der Waals surface area contributed by atoms with Crippen LogP contribution in [0.2, 0.25) is 0 Å². The molecule has 1 unspecified atom stereocenters. The minimum absolute atomic E-state index is 0.164. The standard InChI is InChI=1S/C14H19F2NO3S/c1-13(2,3)21(20)17-14(4,8-11(18)19)9-6-5-7-10(15)12(9)16/h5-7,17H,8H2,1-4H3,(H,18,19)/t14?,21-/m1/s1. The SMILES string of the molecule is CC(CC(=O)O)(N[S@+]([O-])C(C)(C)C)c1cccc(F)c1F. The number of hydrogen-bond acceptors (Lipinski definition) is 3. The summed E-state index contributed by atoms with van der Waals surface area (Å²) in [6.07, 6.45) is -0.533. The first-order valence-electron chi connectivity index (χ1n) is 6.33. The van der Waals surface area contributed by atoms with Crippen LogP contribution in [0.4, 0.5) is 8.78 Å². The monoisotopic (exact) mass is 319 g/mol. The predicted molar refractivity (Wildman–Crippen MR) is 77.0 cm³/mol. The van der Waals surface area contributed by atoms with Gasteiger partial charge in [0.05, 0.1) is 12.0 Å². The summed E-state index contributed by atoms with van der Waals surface area (Å²) < 4.78 is 41.6. The molecular formula is C14H19F2NO3S. The quantitative estimate of drug-likeness (QED) is 0.819. The highest BCUT2D eigenvalue weighted by Gasteiger charge is 2.40. The molecule has 1 aromatic rings. The first-order valence-corrected chi connectivity index (χ1v) is 7.48. The summed E-state index contributed by atoms with van der Waals surface area (Å²) in [6.45, 7) is 6.47. The molecule has 1 aromatic carbocycles. The predicted octanol–water partition coefficient (Wildman–Crippen LogP) is 2.71. The molecule has 4 nitrogen and oxygen atoms in total. The second-order valence-electron chi connectivity index (χ2n) is 5.99. The van der Waals surface area contributed by atoms with Gasteiger partial charge in [0.2, 0.25) is 0 Å². The number of aliphatic carboxylic acids is 1. The number of nitrogens with one attached hydrogen (secondary N) is 1. The lowest BCUT2D eigenvalue weighted by Gasteiger charge is -2.34. The Balaban J connectivity index is 3.27. The molecule has 0 saturated carbocycles. The Labute approximate surface area is 125 Å². The van der Waals surface area contributed by atoms with Crippen molar-refractivity contribution in [1.29, 1.82) is 0 Å². The Hall–Kier alpha value is -1.18. The summed E-state index contributed by atoms with van der Waals surface area (Å²) >= 11 is -1.64. The van der Waals surface area contributed by atoms with Crippen LogP contribution in [-0.4, -0.2) is 20.4 Å². The summed E-state index contributed by atoms with van der Waals surface area (Å²) in [6, 6.07) is 3.52. The topological polar surface area (TPSA) is 72.4 Å². The van der Waals surface area contributed by atoms with Gasteiger partial charge in [-0.2, -0.15) is 0 Å². The van der Waals surface area contributed by atoms with Crippen LogP contribution in [0.3, 0.4) is 0 Å². The smallest absolute Gasteiger partial charge is 0.305 e. The third kappa shape index (κ3) is 4.39. The molecule has 0 radical (unpaired) electrons. The summed E-state index contributed by atoms with van der Waals surface area (Å²) in [4.78, 5) is 11.1. The van der Waals surface area contributed by atoms with E-state index >= 15 is 0 Å². The van der Waals surface area contributed by atoms with Crippen LogP contribution < -0.4 is 4.72 Å². The van der Waals surface area contributed by atoms with Gasteiger partial charge in [-0.3, -0.25) is 4.79 Å². The van der Waals surface area contributed by atoms with E-state index in [-0.39, 0.29) is 5.56 Å². The molecule has 1 rings (SSSR count). The van der Waals surface area contributed by atoms with E-state index in [0.717, 1.165) is 6.07 Å². The van der Waals surface area contributed by atoms with Crippen molar-refractivity contribution in [3.63, 3.8) is 0 Å². The van der Waals surface area contributed by atoms with Crippen molar-refractivity contribution < 1.29 is 23.2 Å². The van der Waals surface area contributed by atoms with Crippen molar-refractivity contribution in [2.24, 2.45) is 0 Å². The molecule has 0 aliphatic heterocycles. The zero-order valence-electron chi connectivity index (χ0n) is 12.4. The largest absolute Gasteiger partial charge is 0.598 e. The van der Waals surface area contributed by atoms with E-state index in [0.29, 0.717) is 0 Å². The first-order chi connectivity index (χ1) is 9.47. The van der Waals surface area contributed by atoms with Gasteiger partial charge >= 0.3 is 5.97 Å². The van der Waals surface area contributed by atoms with E-state index in [4.69, 9.17) is 5.11 Å². The Morgan fingerprint density at radius 2 is 1.90 bits per heavy atom. The maximum atomic E-state index is 14.0. The van der Waals surface area contributed by atoms with E-state index in [2.05, 4.69) is 4.72 Å². The Kier molecular flexibility index (Phi) is 5.35. The Morgan fingerprint density at radius 3 is 2.38 bits per heavy atom. The molecule has 21 heavy (non-hydrogen) atoms. The zero-order valence-corrected chi connectivity index (χ0v) is 13.2. The summed E-state index contributed by atoms with van der Waals surface area (Å²) in [5.41, 5.74) is -1.65. The maximum absolute atomic E-state index is 14.0. The van der Waals surface area contributed by atoms with Crippen molar-refractivity contribution in [3.05, 3.63) is 35.4 Å². The van der Waals surface area contributed by atoms with Crippen LogP contribution >= 0.6 is 0 Å². The molecule has 118 valence electrons. The lowest BCUT2D eigenvalue weighted by molar-refractivity contribution is -0.138. The molecule has 0 amide bonds. The molecule has 0 saturated heterocycles. The normalized spacial score (nSPS) is 16.3. The lowest BCUT2D eigenvalue weighted by atomic mass is 9.89. The highest BCUT2D eigenvalue weighted by molar-refractivity contribution is 7.90. The summed E-state index contributed by atoms with van der Waals surface area (Å²) in [5, 5.41) is 9.03. The van der Waals surface area contributed by atoms with Crippen molar-refractivity contribution in [3.8, 4) is 0 Å². The second-order valence-corrected chi connectivity index (χ2v) is 7.95. The molecule has 2 N–H and O–H groups in total. The van der Waals surface area contributed by atoms with Crippen LogP contribution in [0, 0.1) is 11.6 Å². The molecule has 0 fully saturated rings. The van der Waals surface area contributed by atoms with Crippen molar-refractivity contribution in [2.75, 3.05) is 0 Å². The number of carbonyl (C=O) groups is 1. The molecule has 0 spiro atoms. The van der Waals surface area contributed by atoms with Gasteiger partial charge in [-0.05, 0) is 33.8 Å². The van der Waals surface area contributed by atoms with Gasteiger partial charge in [0, 0.05) is 16.9 Å². The number of carboxylic acid groups (broad SMARTS) is 1. The summed E-state index contributed by atoms with van der Waals surface area (Å²) in [5.74, 6) is -3.42. The molecule has 0 aliphatic rings. The van der Waals surface area contributed by atoms with Gasteiger partial charge in [-0.15, -0.1) is 4.72 Å². The molecular weight excluding hydrogens is 300 g/mol. The first kappa shape index (κ1) is 17.9. The van der Waals surface area contributed by atoms with Crippen LogP contribution in [-0.2, 0) is 21.7 Å². The van der Waals surface area contributed by atoms with Gasteiger partial charge < -0.3 is 9.66 Å². The molecule has 0 heterocycles. The number of benzene rings is 1. The minimum atomic E-state index is -1.64. The molecule has 7 heteroatoms. The van der Waals surface area contributed by atoms with Crippen molar-refractivity contribution in [2.45, 2.75) is 44.4 Å². The van der Waals surface area contributed by atoms with Crippen LogP contribution in [0.25, 0.3) is 0 Å². The van der Waals surface area contributed by atoms with E-state index in [1.54, 1.807) is 20.8 Å². The fraction of sp³-hybridized carbons (Fsp3) is 0.500. The fourth-order valence-corrected chi connectivity index (χ4v) is 2.67. The van der Waals surface area contributed by atoms with Crippen LogP contribution in [0.1, 0.15) is 39.7 Å². The minimum Gasteiger partial charge on any atom is -0.598 e. The number of halogens is 2. The number of hydrogen-bond donors (Lipinski definition) is 2. The Bertz CT molecular complexity index is 533. The molecule has 0 aliphatic carbocycles. The van der Waals surface area contributed by atoms with Gasteiger partial charge in [-0.1, -0.05) is 12.1 Å². The van der Waals surface area contributed by atoms with Crippen molar-refractivity contribution in [1.82, 2.24) is 4.72 Å². The Morgan fingerprint density at radius 1 is 1.33 bits per heavy atom. The maximum Gasteiger partial charge on any atom is 0.305 e. The van der Waals surface area contributed by atoms with Gasteiger partial charge in [0.15, 0.2) is 11.6 Å². The average molecular weight is 319 g/mol. The van der Waals surface area contributed by atoms with Crippen molar-refractivity contribution >= 4 is 17.3 Å². The zero-order chi connectivity index (χ0) is 16.4.